The molecule has 23 heavy (non-hydrogen) atoms. The van der Waals surface area contributed by atoms with Gasteiger partial charge in [-0.05, 0) is 38.3 Å². The predicted octanol–water partition coefficient (Wildman–Crippen LogP) is 3.50. The third-order valence-corrected chi connectivity index (χ3v) is 4.52. The maximum Gasteiger partial charge on any atom is 0.289 e. The normalized spacial score (nSPS) is 19.8. The number of carbonyl (C=O) groups is 1. The van der Waals surface area contributed by atoms with E-state index in [9.17, 15) is 4.79 Å². The minimum absolute atomic E-state index is 0.0653. The van der Waals surface area contributed by atoms with E-state index in [1.807, 2.05) is 17.9 Å². The van der Waals surface area contributed by atoms with Gasteiger partial charge in [-0.3, -0.25) is 4.79 Å². The number of hydrogen-bond acceptors (Lipinski definition) is 5. The van der Waals surface area contributed by atoms with Gasteiger partial charge < -0.3 is 13.8 Å². The van der Waals surface area contributed by atoms with E-state index in [0.717, 1.165) is 37.4 Å². The quantitative estimate of drug-likeness (QED) is 0.863. The molecule has 6 heteroatoms. The third kappa shape index (κ3) is 3.30. The van der Waals surface area contributed by atoms with Crippen molar-refractivity contribution in [2.24, 2.45) is 0 Å². The number of hydrogen-bond donors (Lipinski definition) is 0. The summed E-state index contributed by atoms with van der Waals surface area (Å²) in [4.78, 5) is 18.9. The van der Waals surface area contributed by atoms with Gasteiger partial charge in [0, 0.05) is 19.0 Å². The molecule has 2 aromatic rings. The van der Waals surface area contributed by atoms with Gasteiger partial charge in [0.05, 0.1) is 5.92 Å². The molecule has 2 atom stereocenters. The van der Waals surface area contributed by atoms with Crippen molar-refractivity contribution in [3.63, 3.8) is 0 Å². The molecule has 0 aliphatic carbocycles. The fourth-order valence-electron chi connectivity index (χ4n) is 2.86. The average molecular weight is 317 g/mol. The van der Waals surface area contributed by atoms with E-state index < -0.39 is 0 Å². The molecule has 3 heterocycles. The number of rotatable bonds is 4. The molecule has 1 fully saturated rings. The Labute approximate surface area is 135 Å². The third-order valence-electron chi connectivity index (χ3n) is 4.52. The van der Waals surface area contributed by atoms with Crippen LogP contribution in [0.25, 0.3) is 0 Å². The number of furan rings is 1. The smallest absolute Gasteiger partial charge is 0.289 e. The summed E-state index contributed by atoms with van der Waals surface area (Å²) >= 11 is 0. The molecule has 0 spiro atoms. The minimum Gasteiger partial charge on any atom is -0.456 e. The topological polar surface area (TPSA) is 72.4 Å². The highest BCUT2D eigenvalue weighted by Crippen LogP contribution is 2.28. The molecule has 0 unspecified atom stereocenters. The Balaban J connectivity index is 1.70. The summed E-state index contributed by atoms with van der Waals surface area (Å²) in [5.41, 5.74) is 0. The Morgan fingerprint density at radius 2 is 2.30 bits per heavy atom. The molecule has 1 aliphatic rings. The molecule has 0 bridgehead atoms. The van der Waals surface area contributed by atoms with Crippen LogP contribution in [0.2, 0.25) is 0 Å². The standard InChI is InChI=1S/C17H23N3O3/c1-4-11(2)15-18-16(23-19-15)13-6-5-9-20(10-13)17(21)14-8-7-12(3)22-14/h7-8,11,13H,4-6,9-10H2,1-3H3/t11-,13+/m0/s1. The monoisotopic (exact) mass is 317 g/mol. The Morgan fingerprint density at radius 1 is 1.48 bits per heavy atom. The number of likely N-dealkylation sites (tertiary alicyclic amines) is 1. The van der Waals surface area contributed by atoms with Gasteiger partial charge >= 0.3 is 0 Å². The summed E-state index contributed by atoms with van der Waals surface area (Å²) in [7, 11) is 0. The molecule has 0 radical (unpaired) electrons. The molecule has 6 nitrogen and oxygen atoms in total. The average Bonchev–Trinajstić information content (AvgIpc) is 3.23. The fourth-order valence-corrected chi connectivity index (χ4v) is 2.86. The Hall–Kier alpha value is -2.11. The highest BCUT2D eigenvalue weighted by molar-refractivity contribution is 5.91. The number of piperidine rings is 1. The van der Waals surface area contributed by atoms with Crippen molar-refractivity contribution in [2.45, 2.75) is 51.9 Å². The summed E-state index contributed by atoms with van der Waals surface area (Å²) in [5.74, 6) is 2.88. The van der Waals surface area contributed by atoms with E-state index in [4.69, 9.17) is 8.94 Å². The SMILES string of the molecule is CC[C@H](C)c1noc([C@@H]2CCCN(C(=O)c3ccc(C)o3)C2)n1. The predicted molar refractivity (Wildman–Crippen MR) is 84.3 cm³/mol. The molecular weight excluding hydrogens is 294 g/mol. The lowest BCUT2D eigenvalue weighted by Crippen LogP contribution is -2.39. The lowest BCUT2D eigenvalue weighted by atomic mass is 9.97. The van der Waals surface area contributed by atoms with Crippen molar-refractivity contribution in [3.05, 3.63) is 35.4 Å². The van der Waals surface area contributed by atoms with E-state index >= 15 is 0 Å². The van der Waals surface area contributed by atoms with Crippen LogP contribution in [0.4, 0.5) is 0 Å². The van der Waals surface area contributed by atoms with E-state index in [-0.39, 0.29) is 11.8 Å². The summed E-state index contributed by atoms with van der Waals surface area (Å²) in [6.07, 6.45) is 2.87. The van der Waals surface area contributed by atoms with Crippen LogP contribution < -0.4 is 0 Å². The second-order valence-corrected chi connectivity index (χ2v) is 6.30. The van der Waals surface area contributed by atoms with Crippen LogP contribution in [0.1, 0.15) is 73.0 Å². The second kappa shape index (κ2) is 6.56. The van der Waals surface area contributed by atoms with E-state index in [0.29, 0.717) is 24.1 Å². The molecule has 1 aliphatic heterocycles. The zero-order valence-corrected chi connectivity index (χ0v) is 13.9. The van der Waals surface area contributed by atoms with Crippen LogP contribution in [0.15, 0.2) is 21.1 Å². The Morgan fingerprint density at radius 3 is 3.00 bits per heavy atom. The van der Waals surface area contributed by atoms with Crippen LogP contribution in [0.5, 0.6) is 0 Å². The first-order chi connectivity index (χ1) is 11.1. The van der Waals surface area contributed by atoms with Crippen LogP contribution >= 0.6 is 0 Å². The second-order valence-electron chi connectivity index (χ2n) is 6.30. The molecule has 1 amide bonds. The van der Waals surface area contributed by atoms with Gasteiger partial charge in [0.15, 0.2) is 11.6 Å². The largest absolute Gasteiger partial charge is 0.456 e. The number of aromatic nitrogens is 2. The van der Waals surface area contributed by atoms with E-state index in [2.05, 4.69) is 24.0 Å². The summed E-state index contributed by atoms with van der Waals surface area (Å²) in [6, 6.07) is 3.54. The van der Waals surface area contributed by atoms with E-state index in [1.165, 1.54) is 0 Å². The summed E-state index contributed by atoms with van der Waals surface area (Å²) < 4.78 is 10.9. The highest BCUT2D eigenvalue weighted by atomic mass is 16.5. The molecule has 0 saturated carbocycles. The molecule has 1 saturated heterocycles. The molecule has 0 N–H and O–H groups in total. The van der Waals surface area contributed by atoms with Gasteiger partial charge in [0.25, 0.3) is 5.91 Å². The van der Waals surface area contributed by atoms with Gasteiger partial charge in [-0.2, -0.15) is 4.98 Å². The molecule has 3 rings (SSSR count). The van der Waals surface area contributed by atoms with Crippen LogP contribution in [-0.2, 0) is 0 Å². The maximum atomic E-state index is 12.5. The van der Waals surface area contributed by atoms with Gasteiger partial charge in [0.1, 0.15) is 5.76 Å². The molecule has 124 valence electrons. The number of aryl methyl sites for hydroxylation is 1. The fraction of sp³-hybridized carbons (Fsp3) is 0.588. The first-order valence-electron chi connectivity index (χ1n) is 8.27. The molecule has 0 aromatic carbocycles. The van der Waals surface area contributed by atoms with E-state index in [1.54, 1.807) is 6.07 Å². The number of nitrogens with zero attached hydrogens (tertiary/aromatic N) is 3. The number of carbonyl (C=O) groups excluding carboxylic acids is 1. The Kier molecular flexibility index (Phi) is 4.50. The zero-order chi connectivity index (χ0) is 16.4. The first kappa shape index (κ1) is 15.8. The lowest BCUT2D eigenvalue weighted by molar-refractivity contribution is 0.0662. The number of amides is 1. The van der Waals surface area contributed by atoms with Crippen molar-refractivity contribution in [3.8, 4) is 0 Å². The zero-order valence-electron chi connectivity index (χ0n) is 13.9. The first-order valence-corrected chi connectivity index (χ1v) is 8.27. The van der Waals surface area contributed by atoms with Crippen LogP contribution in [0, 0.1) is 6.92 Å². The van der Waals surface area contributed by atoms with Crippen molar-refractivity contribution >= 4 is 5.91 Å². The molecule has 2 aromatic heterocycles. The highest BCUT2D eigenvalue weighted by Gasteiger charge is 2.30. The van der Waals surface area contributed by atoms with Crippen molar-refractivity contribution < 1.29 is 13.7 Å². The van der Waals surface area contributed by atoms with Gasteiger partial charge in [-0.25, -0.2) is 0 Å². The van der Waals surface area contributed by atoms with Crippen LogP contribution in [-0.4, -0.2) is 34.0 Å². The van der Waals surface area contributed by atoms with Gasteiger partial charge in [-0.1, -0.05) is 19.0 Å². The molecular formula is C17H23N3O3. The van der Waals surface area contributed by atoms with Crippen molar-refractivity contribution in [1.29, 1.82) is 0 Å². The van der Waals surface area contributed by atoms with Gasteiger partial charge in [-0.15, -0.1) is 0 Å². The van der Waals surface area contributed by atoms with Gasteiger partial charge in [0.2, 0.25) is 5.89 Å². The van der Waals surface area contributed by atoms with Crippen molar-refractivity contribution in [2.75, 3.05) is 13.1 Å². The van der Waals surface area contributed by atoms with Crippen LogP contribution in [0.3, 0.4) is 0 Å². The van der Waals surface area contributed by atoms with Crippen molar-refractivity contribution in [1.82, 2.24) is 15.0 Å². The minimum atomic E-state index is -0.0653. The Bertz CT molecular complexity index is 676. The lowest BCUT2D eigenvalue weighted by Gasteiger charge is -2.30. The summed E-state index contributed by atoms with van der Waals surface area (Å²) in [5, 5.41) is 4.09. The maximum absolute atomic E-state index is 12.5. The summed E-state index contributed by atoms with van der Waals surface area (Å²) in [6.45, 7) is 7.37.